The van der Waals surface area contributed by atoms with Crippen molar-refractivity contribution < 1.29 is 13.2 Å². The van der Waals surface area contributed by atoms with Gasteiger partial charge in [-0.05, 0) is 17.7 Å². The molecule has 0 saturated heterocycles. The topological polar surface area (TPSA) is 66.5 Å². The van der Waals surface area contributed by atoms with Crippen LogP contribution in [0.15, 0.2) is 36.9 Å². The molecule has 0 aromatic heterocycles. The van der Waals surface area contributed by atoms with Gasteiger partial charge < -0.3 is 5.32 Å². The molecule has 0 aliphatic heterocycles. The standard InChI is InChI=1S/C14H19ClN2O3S/c1-3-9-17(21(2,19)20)10-8-16-14(18)11-12-4-6-13(15)7-5-12/h3-7H,1,8-11H2,2H3,(H,16,18). The predicted molar refractivity (Wildman–Crippen MR) is 84.8 cm³/mol. The number of benzene rings is 1. The summed E-state index contributed by atoms with van der Waals surface area (Å²) in [5, 5.41) is 3.31. The maximum Gasteiger partial charge on any atom is 0.224 e. The molecule has 0 aliphatic carbocycles. The number of nitrogens with one attached hydrogen (secondary N) is 1. The zero-order valence-corrected chi connectivity index (χ0v) is 13.5. The largest absolute Gasteiger partial charge is 0.354 e. The first kappa shape index (κ1) is 17.7. The summed E-state index contributed by atoms with van der Waals surface area (Å²) >= 11 is 5.77. The number of carbonyl (C=O) groups is 1. The van der Waals surface area contributed by atoms with Gasteiger partial charge in [-0.15, -0.1) is 6.58 Å². The third-order valence-electron chi connectivity index (χ3n) is 2.76. The second-order valence-electron chi connectivity index (χ2n) is 4.56. The molecule has 0 radical (unpaired) electrons. The third-order valence-corrected chi connectivity index (χ3v) is 4.28. The smallest absolute Gasteiger partial charge is 0.224 e. The Morgan fingerprint density at radius 1 is 1.38 bits per heavy atom. The molecule has 0 bridgehead atoms. The van der Waals surface area contributed by atoms with Gasteiger partial charge in [-0.2, -0.15) is 4.31 Å². The molecule has 1 aromatic rings. The van der Waals surface area contributed by atoms with Gasteiger partial charge in [0.05, 0.1) is 12.7 Å². The van der Waals surface area contributed by atoms with Crippen molar-refractivity contribution >= 4 is 27.5 Å². The lowest BCUT2D eigenvalue weighted by atomic mass is 10.1. The van der Waals surface area contributed by atoms with Crippen LogP contribution in [-0.4, -0.2) is 44.5 Å². The fourth-order valence-electron chi connectivity index (χ4n) is 1.71. The summed E-state index contributed by atoms with van der Waals surface area (Å²) in [6.45, 7) is 4.22. The summed E-state index contributed by atoms with van der Waals surface area (Å²) in [5.74, 6) is -0.163. The van der Waals surface area contributed by atoms with Crippen LogP contribution in [0.4, 0.5) is 0 Å². The summed E-state index contributed by atoms with van der Waals surface area (Å²) in [6.07, 6.45) is 2.88. The summed E-state index contributed by atoms with van der Waals surface area (Å²) < 4.78 is 24.2. The van der Waals surface area contributed by atoms with E-state index in [1.165, 1.54) is 10.4 Å². The Labute approximate surface area is 130 Å². The van der Waals surface area contributed by atoms with Crippen molar-refractivity contribution in [1.82, 2.24) is 9.62 Å². The molecule has 0 saturated carbocycles. The lowest BCUT2D eigenvalue weighted by Crippen LogP contribution is -2.38. The van der Waals surface area contributed by atoms with Crippen molar-refractivity contribution in [1.29, 1.82) is 0 Å². The molecule has 0 atom stereocenters. The number of amides is 1. The number of carbonyl (C=O) groups excluding carboxylic acids is 1. The Bertz CT molecular complexity index is 585. The van der Waals surface area contributed by atoms with Crippen molar-refractivity contribution in [3.8, 4) is 0 Å². The fraction of sp³-hybridized carbons (Fsp3) is 0.357. The molecule has 1 amide bonds. The minimum absolute atomic E-state index is 0.163. The number of hydrogen-bond donors (Lipinski definition) is 1. The first-order valence-corrected chi connectivity index (χ1v) is 8.62. The van der Waals surface area contributed by atoms with E-state index in [0.717, 1.165) is 11.8 Å². The van der Waals surface area contributed by atoms with E-state index in [9.17, 15) is 13.2 Å². The van der Waals surface area contributed by atoms with Gasteiger partial charge in [0.25, 0.3) is 0 Å². The van der Waals surface area contributed by atoms with Crippen LogP contribution in [0.5, 0.6) is 0 Å². The fourth-order valence-corrected chi connectivity index (χ4v) is 2.63. The quantitative estimate of drug-likeness (QED) is 0.734. The minimum Gasteiger partial charge on any atom is -0.354 e. The van der Waals surface area contributed by atoms with Crippen LogP contribution in [0, 0.1) is 0 Å². The number of halogens is 1. The lowest BCUT2D eigenvalue weighted by molar-refractivity contribution is -0.120. The van der Waals surface area contributed by atoms with Crippen molar-refractivity contribution in [2.45, 2.75) is 6.42 Å². The second kappa shape index (κ2) is 8.17. The van der Waals surface area contributed by atoms with Crippen molar-refractivity contribution in [3.05, 3.63) is 47.5 Å². The van der Waals surface area contributed by atoms with Gasteiger partial charge in [0.15, 0.2) is 0 Å². The van der Waals surface area contributed by atoms with Gasteiger partial charge in [0, 0.05) is 24.7 Å². The lowest BCUT2D eigenvalue weighted by Gasteiger charge is -2.18. The Morgan fingerprint density at radius 3 is 2.52 bits per heavy atom. The molecule has 0 heterocycles. The zero-order chi connectivity index (χ0) is 15.9. The first-order chi connectivity index (χ1) is 9.82. The van der Waals surface area contributed by atoms with Gasteiger partial charge in [-0.1, -0.05) is 29.8 Å². The van der Waals surface area contributed by atoms with E-state index < -0.39 is 10.0 Å². The summed E-state index contributed by atoms with van der Waals surface area (Å²) in [7, 11) is -3.29. The van der Waals surface area contributed by atoms with E-state index in [4.69, 9.17) is 11.6 Å². The van der Waals surface area contributed by atoms with Gasteiger partial charge in [-0.25, -0.2) is 8.42 Å². The average molecular weight is 331 g/mol. The molecular weight excluding hydrogens is 312 g/mol. The van der Waals surface area contributed by atoms with E-state index in [2.05, 4.69) is 11.9 Å². The van der Waals surface area contributed by atoms with Gasteiger partial charge >= 0.3 is 0 Å². The monoisotopic (exact) mass is 330 g/mol. The van der Waals surface area contributed by atoms with Crippen LogP contribution in [0.25, 0.3) is 0 Å². The van der Waals surface area contributed by atoms with Crippen LogP contribution in [0.2, 0.25) is 5.02 Å². The van der Waals surface area contributed by atoms with E-state index >= 15 is 0 Å². The average Bonchev–Trinajstić information content (AvgIpc) is 2.39. The van der Waals surface area contributed by atoms with Crippen LogP contribution in [-0.2, 0) is 21.2 Å². The SMILES string of the molecule is C=CCN(CCNC(=O)Cc1ccc(Cl)cc1)S(C)(=O)=O. The van der Waals surface area contributed by atoms with Crippen molar-refractivity contribution in [3.63, 3.8) is 0 Å². The molecule has 0 fully saturated rings. The molecule has 7 heteroatoms. The first-order valence-electron chi connectivity index (χ1n) is 6.40. The normalized spacial score (nSPS) is 11.4. The highest BCUT2D eigenvalue weighted by atomic mass is 35.5. The maximum atomic E-state index is 11.8. The highest BCUT2D eigenvalue weighted by Crippen LogP contribution is 2.09. The number of nitrogens with zero attached hydrogens (tertiary/aromatic N) is 1. The number of sulfonamides is 1. The summed E-state index contributed by atoms with van der Waals surface area (Å²) in [5.41, 5.74) is 0.850. The van der Waals surface area contributed by atoms with Crippen LogP contribution >= 0.6 is 11.6 Å². The van der Waals surface area contributed by atoms with Crippen LogP contribution in [0.3, 0.4) is 0 Å². The minimum atomic E-state index is -3.29. The molecule has 5 nitrogen and oxygen atoms in total. The Kier molecular flexibility index (Phi) is 6.87. The predicted octanol–water partition coefficient (Wildman–Crippen LogP) is 1.45. The van der Waals surface area contributed by atoms with Crippen LogP contribution in [0.1, 0.15) is 5.56 Å². The van der Waals surface area contributed by atoms with E-state index in [1.807, 2.05) is 0 Å². The van der Waals surface area contributed by atoms with E-state index in [0.29, 0.717) is 5.02 Å². The van der Waals surface area contributed by atoms with Gasteiger partial charge in [-0.3, -0.25) is 4.79 Å². The molecule has 0 spiro atoms. The molecule has 1 aromatic carbocycles. The van der Waals surface area contributed by atoms with Gasteiger partial charge in [0.2, 0.25) is 15.9 Å². The molecule has 1 N–H and O–H groups in total. The Morgan fingerprint density at radius 2 is 2.00 bits per heavy atom. The molecule has 1 rings (SSSR count). The van der Waals surface area contributed by atoms with Crippen LogP contribution < -0.4 is 5.32 Å². The van der Waals surface area contributed by atoms with Crippen molar-refractivity contribution in [2.75, 3.05) is 25.9 Å². The molecule has 21 heavy (non-hydrogen) atoms. The van der Waals surface area contributed by atoms with Crippen molar-refractivity contribution in [2.24, 2.45) is 0 Å². The highest BCUT2D eigenvalue weighted by molar-refractivity contribution is 7.88. The number of rotatable bonds is 8. The Hall–Kier alpha value is -1.37. The molecule has 0 unspecified atom stereocenters. The van der Waals surface area contributed by atoms with Gasteiger partial charge in [0.1, 0.15) is 0 Å². The second-order valence-corrected chi connectivity index (χ2v) is 6.98. The highest BCUT2D eigenvalue weighted by Gasteiger charge is 2.14. The summed E-state index contributed by atoms with van der Waals surface area (Å²) in [4.78, 5) is 11.8. The maximum absolute atomic E-state index is 11.8. The Balaban J connectivity index is 2.42. The molecule has 0 aliphatic rings. The number of hydrogen-bond acceptors (Lipinski definition) is 3. The third kappa shape index (κ3) is 6.75. The van der Waals surface area contributed by atoms with E-state index in [-0.39, 0.29) is 32.0 Å². The van der Waals surface area contributed by atoms with E-state index in [1.54, 1.807) is 24.3 Å². The molecule has 116 valence electrons. The summed E-state index contributed by atoms with van der Waals surface area (Å²) in [6, 6.07) is 7.00. The zero-order valence-electron chi connectivity index (χ0n) is 11.9. The molecular formula is C14H19ClN2O3S.